The first-order chi connectivity index (χ1) is 9.06. The molecule has 0 aliphatic carbocycles. The van der Waals surface area contributed by atoms with Gasteiger partial charge in [-0.2, -0.15) is 0 Å². The van der Waals surface area contributed by atoms with Crippen LogP contribution in [0.3, 0.4) is 0 Å². The Kier molecular flexibility index (Phi) is 4.20. The van der Waals surface area contributed by atoms with E-state index in [1.165, 1.54) is 0 Å². The Morgan fingerprint density at radius 1 is 1.11 bits per heavy atom. The lowest BCUT2D eigenvalue weighted by molar-refractivity contribution is 0.102. The van der Waals surface area contributed by atoms with E-state index < -0.39 is 6.10 Å². The molecule has 2 rings (SSSR count). The highest BCUT2D eigenvalue weighted by molar-refractivity contribution is 6.30. The second-order valence-electron chi connectivity index (χ2n) is 4.26. The van der Waals surface area contributed by atoms with Gasteiger partial charge in [-0.25, -0.2) is 0 Å². The van der Waals surface area contributed by atoms with Crippen LogP contribution < -0.4 is 5.32 Å². The molecule has 0 heterocycles. The molecule has 2 N–H and O–H groups in total. The van der Waals surface area contributed by atoms with Gasteiger partial charge < -0.3 is 10.4 Å². The van der Waals surface area contributed by atoms with Crippen molar-refractivity contribution in [1.29, 1.82) is 0 Å². The molecule has 4 heteroatoms. The number of carbonyl (C=O) groups excluding carboxylic acids is 1. The number of hydrogen-bond acceptors (Lipinski definition) is 2. The first-order valence-electron chi connectivity index (χ1n) is 5.91. The van der Waals surface area contributed by atoms with Gasteiger partial charge in [0.05, 0.1) is 6.10 Å². The Hall–Kier alpha value is -1.84. The summed E-state index contributed by atoms with van der Waals surface area (Å²) in [5, 5.41) is 12.8. The van der Waals surface area contributed by atoms with Crippen molar-refractivity contribution in [2.24, 2.45) is 0 Å². The van der Waals surface area contributed by atoms with Gasteiger partial charge in [0, 0.05) is 16.3 Å². The molecule has 0 aromatic heterocycles. The molecule has 98 valence electrons. The standard InChI is InChI=1S/C15H14ClNO2/c1-10(18)11-4-8-14(9-5-11)17-15(19)12-2-6-13(16)7-3-12/h2-10,18H,1H3,(H,17,19). The van der Waals surface area contributed by atoms with Crippen LogP contribution in [0.1, 0.15) is 28.9 Å². The van der Waals surface area contributed by atoms with Gasteiger partial charge in [-0.1, -0.05) is 23.7 Å². The summed E-state index contributed by atoms with van der Waals surface area (Å²) in [7, 11) is 0. The number of hydrogen-bond donors (Lipinski definition) is 2. The Labute approximate surface area is 116 Å². The van der Waals surface area contributed by atoms with E-state index in [0.717, 1.165) is 5.56 Å². The van der Waals surface area contributed by atoms with Crippen molar-refractivity contribution in [1.82, 2.24) is 0 Å². The van der Waals surface area contributed by atoms with Crippen molar-refractivity contribution in [2.75, 3.05) is 5.32 Å². The summed E-state index contributed by atoms with van der Waals surface area (Å²) in [6, 6.07) is 13.8. The number of nitrogens with one attached hydrogen (secondary N) is 1. The maximum Gasteiger partial charge on any atom is 0.255 e. The van der Waals surface area contributed by atoms with Crippen molar-refractivity contribution in [3.8, 4) is 0 Å². The van der Waals surface area contributed by atoms with Crippen LogP contribution in [0.2, 0.25) is 5.02 Å². The Bertz CT molecular complexity index is 562. The van der Waals surface area contributed by atoms with Gasteiger partial charge in [-0.3, -0.25) is 4.79 Å². The van der Waals surface area contributed by atoms with E-state index in [-0.39, 0.29) is 5.91 Å². The fourth-order valence-corrected chi connectivity index (χ4v) is 1.78. The molecule has 0 saturated carbocycles. The van der Waals surface area contributed by atoms with Crippen LogP contribution in [0.4, 0.5) is 5.69 Å². The second kappa shape index (κ2) is 5.87. The number of anilines is 1. The summed E-state index contributed by atoms with van der Waals surface area (Å²) in [6.45, 7) is 1.70. The number of aliphatic hydroxyl groups is 1. The predicted octanol–water partition coefficient (Wildman–Crippen LogP) is 3.65. The van der Waals surface area contributed by atoms with Gasteiger partial charge in [-0.15, -0.1) is 0 Å². The average molecular weight is 276 g/mol. The highest BCUT2D eigenvalue weighted by Gasteiger charge is 2.06. The molecule has 0 aliphatic heterocycles. The van der Waals surface area contributed by atoms with E-state index in [0.29, 0.717) is 16.3 Å². The lowest BCUT2D eigenvalue weighted by Crippen LogP contribution is -2.11. The van der Waals surface area contributed by atoms with Crippen LogP contribution in [-0.4, -0.2) is 11.0 Å². The van der Waals surface area contributed by atoms with Gasteiger partial charge in [0.25, 0.3) is 5.91 Å². The SMILES string of the molecule is CC(O)c1ccc(NC(=O)c2ccc(Cl)cc2)cc1. The molecule has 0 spiro atoms. The summed E-state index contributed by atoms with van der Waals surface area (Å²) >= 11 is 5.77. The van der Waals surface area contributed by atoms with E-state index in [1.807, 2.05) is 0 Å². The average Bonchev–Trinajstić information content (AvgIpc) is 2.40. The van der Waals surface area contributed by atoms with Crippen LogP contribution in [-0.2, 0) is 0 Å². The highest BCUT2D eigenvalue weighted by Crippen LogP contribution is 2.17. The zero-order valence-corrected chi connectivity index (χ0v) is 11.2. The topological polar surface area (TPSA) is 49.3 Å². The minimum atomic E-state index is -0.513. The van der Waals surface area contributed by atoms with E-state index in [1.54, 1.807) is 55.5 Å². The minimum absolute atomic E-state index is 0.193. The van der Waals surface area contributed by atoms with E-state index in [9.17, 15) is 9.90 Å². The molecule has 0 aliphatic rings. The van der Waals surface area contributed by atoms with Gasteiger partial charge >= 0.3 is 0 Å². The molecule has 3 nitrogen and oxygen atoms in total. The van der Waals surface area contributed by atoms with Crippen molar-refractivity contribution < 1.29 is 9.90 Å². The number of carbonyl (C=O) groups is 1. The zero-order chi connectivity index (χ0) is 13.8. The highest BCUT2D eigenvalue weighted by atomic mass is 35.5. The molecule has 2 aromatic rings. The summed E-state index contributed by atoms with van der Waals surface area (Å²) in [6.07, 6.45) is -0.513. The minimum Gasteiger partial charge on any atom is -0.389 e. The van der Waals surface area contributed by atoms with E-state index in [2.05, 4.69) is 5.32 Å². The molecule has 0 radical (unpaired) electrons. The zero-order valence-electron chi connectivity index (χ0n) is 10.4. The Morgan fingerprint density at radius 3 is 2.21 bits per heavy atom. The normalized spacial score (nSPS) is 11.9. The van der Waals surface area contributed by atoms with Gasteiger partial charge in [0.1, 0.15) is 0 Å². The maximum absolute atomic E-state index is 11.9. The number of amides is 1. The van der Waals surface area contributed by atoms with Crippen LogP contribution in [0.25, 0.3) is 0 Å². The monoisotopic (exact) mass is 275 g/mol. The van der Waals surface area contributed by atoms with Crippen molar-refractivity contribution >= 4 is 23.2 Å². The van der Waals surface area contributed by atoms with E-state index >= 15 is 0 Å². The summed E-state index contributed by atoms with van der Waals surface area (Å²) in [5.74, 6) is -0.193. The smallest absolute Gasteiger partial charge is 0.255 e. The van der Waals surface area contributed by atoms with Crippen molar-refractivity contribution in [3.05, 3.63) is 64.7 Å². The number of benzene rings is 2. The Morgan fingerprint density at radius 2 is 1.68 bits per heavy atom. The van der Waals surface area contributed by atoms with Gasteiger partial charge in [-0.05, 0) is 48.9 Å². The first-order valence-corrected chi connectivity index (χ1v) is 6.29. The summed E-state index contributed by atoms with van der Waals surface area (Å²) < 4.78 is 0. The molecule has 2 aromatic carbocycles. The second-order valence-corrected chi connectivity index (χ2v) is 4.70. The number of aliphatic hydroxyl groups excluding tert-OH is 1. The van der Waals surface area contributed by atoms with Crippen LogP contribution in [0.15, 0.2) is 48.5 Å². The van der Waals surface area contributed by atoms with Crippen LogP contribution in [0, 0.1) is 0 Å². The molecule has 0 bridgehead atoms. The first kappa shape index (κ1) is 13.6. The lowest BCUT2D eigenvalue weighted by Gasteiger charge is -2.08. The molecule has 0 saturated heterocycles. The van der Waals surface area contributed by atoms with Gasteiger partial charge in [0.15, 0.2) is 0 Å². The fourth-order valence-electron chi connectivity index (χ4n) is 1.65. The molecular formula is C15H14ClNO2. The third kappa shape index (κ3) is 3.56. The molecule has 1 unspecified atom stereocenters. The molecule has 1 amide bonds. The quantitative estimate of drug-likeness (QED) is 0.898. The molecular weight excluding hydrogens is 262 g/mol. The predicted molar refractivity (Wildman–Crippen MR) is 76.5 cm³/mol. The van der Waals surface area contributed by atoms with Crippen LogP contribution >= 0.6 is 11.6 Å². The van der Waals surface area contributed by atoms with Crippen molar-refractivity contribution in [3.63, 3.8) is 0 Å². The number of halogens is 1. The third-order valence-corrected chi connectivity index (χ3v) is 3.01. The molecule has 0 fully saturated rings. The maximum atomic E-state index is 11.9. The van der Waals surface area contributed by atoms with E-state index in [4.69, 9.17) is 11.6 Å². The number of rotatable bonds is 3. The summed E-state index contributed by atoms with van der Waals surface area (Å²) in [5.41, 5.74) is 2.04. The van der Waals surface area contributed by atoms with Crippen molar-refractivity contribution in [2.45, 2.75) is 13.0 Å². The summed E-state index contributed by atoms with van der Waals surface area (Å²) in [4.78, 5) is 11.9. The molecule has 19 heavy (non-hydrogen) atoms. The molecule has 1 atom stereocenters. The largest absolute Gasteiger partial charge is 0.389 e. The van der Waals surface area contributed by atoms with Crippen LogP contribution in [0.5, 0.6) is 0 Å². The fraction of sp³-hybridized carbons (Fsp3) is 0.133. The lowest BCUT2D eigenvalue weighted by atomic mass is 10.1. The third-order valence-electron chi connectivity index (χ3n) is 2.76. The van der Waals surface area contributed by atoms with Gasteiger partial charge in [0.2, 0.25) is 0 Å². The Balaban J connectivity index is 2.08.